The molecule has 0 atom stereocenters. The summed E-state index contributed by atoms with van der Waals surface area (Å²) in [4.78, 5) is 21.8. The van der Waals surface area contributed by atoms with Crippen LogP contribution >= 0.6 is 11.6 Å². The molecule has 0 saturated carbocycles. The molecule has 1 rings (SSSR count). The predicted octanol–water partition coefficient (Wildman–Crippen LogP) is 3.15. The highest BCUT2D eigenvalue weighted by molar-refractivity contribution is 6.33. The maximum Gasteiger partial charge on any atom is 0.422 e. The van der Waals surface area contributed by atoms with Gasteiger partial charge in [-0.3, -0.25) is 5.32 Å². The van der Waals surface area contributed by atoms with Crippen molar-refractivity contribution in [3.63, 3.8) is 0 Å². The van der Waals surface area contributed by atoms with Gasteiger partial charge in [0.15, 0.2) is 6.61 Å². The quantitative estimate of drug-likeness (QED) is 0.898. The van der Waals surface area contributed by atoms with Gasteiger partial charge in [0.1, 0.15) is 0 Å². The van der Waals surface area contributed by atoms with Crippen molar-refractivity contribution in [2.75, 3.05) is 11.9 Å². The number of hydrogen-bond donors (Lipinski definition) is 2. The molecule has 0 aliphatic carbocycles. The van der Waals surface area contributed by atoms with Crippen molar-refractivity contribution in [2.24, 2.45) is 0 Å². The van der Waals surface area contributed by atoms with Gasteiger partial charge in [0.25, 0.3) is 0 Å². The lowest BCUT2D eigenvalue weighted by molar-refractivity contribution is -0.159. The van der Waals surface area contributed by atoms with Gasteiger partial charge in [0, 0.05) is 5.69 Å². The molecule has 0 radical (unpaired) electrons. The summed E-state index contributed by atoms with van der Waals surface area (Å²) in [6.07, 6.45) is -5.99. The summed E-state index contributed by atoms with van der Waals surface area (Å²) < 4.78 is 39.2. The van der Waals surface area contributed by atoms with Crippen LogP contribution in [0, 0.1) is 0 Å². The number of carboxylic acid groups (broad SMARTS) is 1. The van der Waals surface area contributed by atoms with E-state index in [9.17, 15) is 22.8 Å². The molecule has 0 spiro atoms. The van der Waals surface area contributed by atoms with Crippen molar-refractivity contribution in [2.45, 2.75) is 6.18 Å². The van der Waals surface area contributed by atoms with Crippen LogP contribution in [0.25, 0.3) is 0 Å². The van der Waals surface area contributed by atoms with Crippen LogP contribution in [0.2, 0.25) is 5.02 Å². The first-order valence-electron chi connectivity index (χ1n) is 4.72. The molecule has 1 aromatic rings. The molecule has 1 amide bonds. The normalized spacial score (nSPS) is 10.9. The van der Waals surface area contributed by atoms with E-state index in [1.54, 1.807) is 0 Å². The van der Waals surface area contributed by atoms with Gasteiger partial charge >= 0.3 is 18.2 Å². The number of amides is 1. The summed E-state index contributed by atoms with van der Waals surface area (Å²) in [7, 11) is 0. The van der Waals surface area contributed by atoms with Crippen molar-refractivity contribution in [1.29, 1.82) is 0 Å². The highest BCUT2D eigenvalue weighted by atomic mass is 35.5. The van der Waals surface area contributed by atoms with E-state index in [2.05, 4.69) is 4.74 Å². The van der Waals surface area contributed by atoms with Gasteiger partial charge < -0.3 is 9.84 Å². The maximum absolute atomic E-state index is 11.8. The number of carbonyl (C=O) groups is 2. The Bertz CT molecular complexity index is 504. The number of ether oxygens (including phenoxy) is 1. The fourth-order valence-corrected chi connectivity index (χ4v) is 1.27. The zero-order chi connectivity index (χ0) is 14.6. The first kappa shape index (κ1) is 15.1. The van der Waals surface area contributed by atoms with Crippen molar-refractivity contribution in [1.82, 2.24) is 0 Å². The van der Waals surface area contributed by atoms with E-state index in [4.69, 9.17) is 16.7 Å². The van der Waals surface area contributed by atoms with Crippen LogP contribution in [0.15, 0.2) is 18.2 Å². The monoisotopic (exact) mass is 297 g/mol. The Kier molecular flexibility index (Phi) is 4.60. The Balaban J connectivity index is 2.70. The first-order chi connectivity index (χ1) is 8.69. The Labute approximate surface area is 109 Å². The third-order valence-corrected chi connectivity index (χ3v) is 2.14. The zero-order valence-corrected chi connectivity index (χ0v) is 9.88. The number of benzene rings is 1. The third-order valence-electron chi connectivity index (χ3n) is 1.81. The molecule has 19 heavy (non-hydrogen) atoms. The number of anilines is 1. The molecular formula is C10H7ClF3NO4. The molecule has 0 aliphatic heterocycles. The molecule has 0 fully saturated rings. The number of rotatable bonds is 3. The summed E-state index contributed by atoms with van der Waals surface area (Å²) in [6.45, 7) is -1.74. The van der Waals surface area contributed by atoms with E-state index in [1.165, 1.54) is 12.1 Å². The second kappa shape index (κ2) is 5.79. The van der Waals surface area contributed by atoms with E-state index in [-0.39, 0.29) is 16.3 Å². The SMILES string of the molecule is O=C(Nc1ccc(Cl)c(C(=O)O)c1)OCC(F)(F)F. The minimum atomic E-state index is -4.64. The van der Waals surface area contributed by atoms with Crippen LogP contribution in [0.1, 0.15) is 10.4 Å². The summed E-state index contributed by atoms with van der Waals surface area (Å²) in [5.41, 5.74) is -0.343. The number of alkyl halides is 3. The molecule has 9 heteroatoms. The summed E-state index contributed by atoms with van der Waals surface area (Å²) >= 11 is 5.58. The Morgan fingerprint density at radius 3 is 2.53 bits per heavy atom. The van der Waals surface area contributed by atoms with Gasteiger partial charge in [-0.15, -0.1) is 0 Å². The molecule has 0 bridgehead atoms. The molecule has 5 nitrogen and oxygen atoms in total. The Morgan fingerprint density at radius 1 is 1.37 bits per heavy atom. The van der Waals surface area contributed by atoms with E-state index in [1.807, 2.05) is 5.32 Å². The van der Waals surface area contributed by atoms with E-state index < -0.39 is 24.8 Å². The number of nitrogens with one attached hydrogen (secondary N) is 1. The third kappa shape index (κ3) is 5.04. The summed E-state index contributed by atoms with van der Waals surface area (Å²) in [5.74, 6) is -1.34. The van der Waals surface area contributed by atoms with Crippen LogP contribution in [-0.2, 0) is 4.74 Å². The minimum absolute atomic E-state index is 0.0472. The fourth-order valence-electron chi connectivity index (χ4n) is 1.07. The second-order valence-electron chi connectivity index (χ2n) is 3.32. The Hall–Kier alpha value is -1.96. The molecule has 2 N–H and O–H groups in total. The van der Waals surface area contributed by atoms with E-state index in [0.29, 0.717) is 0 Å². The predicted molar refractivity (Wildman–Crippen MR) is 59.4 cm³/mol. The number of halogens is 4. The lowest BCUT2D eigenvalue weighted by Crippen LogP contribution is -2.23. The number of hydrogen-bond acceptors (Lipinski definition) is 3. The van der Waals surface area contributed by atoms with Gasteiger partial charge in [-0.25, -0.2) is 9.59 Å². The highest BCUT2D eigenvalue weighted by Crippen LogP contribution is 2.21. The van der Waals surface area contributed by atoms with Crippen molar-refractivity contribution >= 4 is 29.4 Å². The highest BCUT2D eigenvalue weighted by Gasteiger charge is 2.29. The summed E-state index contributed by atoms with van der Waals surface area (Å²) in [5, 5.41) is 10.6. The zero-order valence-electron chi connectivity index (χ0n) is 9.12. The summed E-state index contributed by atoms with van der Waals surface area (Å²) in [6, 6.07) is 3.41. The van der Waals surface area contributed by atoms with Gasteiger partial charge in [-0.1, -0.05) is 11.6 Å². The smallest absolute Gasteiger partial charge is 0.422 e. The van der Waals surface area contributed by atoms with Crippen LogP contribution in [0.3, 0.4) is 0 Å². The number of aromatic carboxylic acids is 1. The second-order valence-corrected chi connectivity index (χ2v) is 3.72. The average molecular weight is 298 g/mol. The number of carbonyl (C=O) groups excluding carboxylic acids is 1. The van der Waals surface area contributed by atoms with Crippen LogP contribution < -0.4 is 5.32 Å². The van der Waals surface area contributed by atoms with Crippen LogP contribution in [0.5, 0.6) is 0 Å². The molecule has 0 saturated heterocycles. The molecular weight excluding hydrogens is 291 g/mol. The maximum atomic E-state index is 11.8. The van der Waals surface area contributed by atoms with Crippen molar-refractivity contribution in [3.8, 4) is 0 Å². The first-order valence-corrected chi connectivity index (χ1v) is 5.10. The topological polar surface area (TPSA) is 75.6 Å². The molecule has 104 valence electrons. The molecule has 0 heterocycles. The van der Waals surface area contributed by atoms with Crippen molar-refractivity contribution < 1.29 is 32.6 Å². The van der Waals surface area contributed by atoms with E-state index >= 15 is 0 Å². The minimum Gasteiger partial charge on any atom is -0.478 e. The lowest BCUT2D eigenvalue weighted by Gasteiger charge is -2.09. The molecule has 0 aliphatic rings. The Morgan fingerprint density at radius 2 is 2.00 bits per heavy atom. The molecule has 0 aromatic heterocycles. The largest absolute Gasteiger partial charge is 0.478 e. The van der Waals surface area contributed by atoms with Gasteiger partial charge in [0.05, 0.1) is 10.6 Å². The van der Waals surface area contributed by atoms with Gasteiger partial charge in [-0.2, -0.15) is 13.2 Å². The van der Waals surface area contributed by atoms with Crippen molar-refractivity contribution in [3.05, 3.63) is 28.8 Å². The van der Waals surface area contributed by atoms with E-state index in [0.717, 1.165) is 6.07 Å². The fraction of sp³-hybridized carbons (Fsp3) is 0.200. The number of carboxylic acids is 1. The lowest BCUT2D eigenvalue weighted by atomic mass is 10.2. The van der Waals surface area contributed by atoms with Crippen LogP contribution in [-0.4, -0.2) is 30.0 Å². The van der Waals surface area contributed by atoms with Gasteiger partial charge in [0.2, 0.25) is 0 Å². The molecule has 1 aromatic carbocycles. The standard InChI is InChI=1S/C10H7ClF3NO4/c11-7-2-1-5(3-6(7)8(16)17)15-9(18)19-4-10(12,13)14/h1-3H,4H2,(H,15,18)(H,16,17). The average Bonchev–Trinajstić information content (AvgIpc) is 2.28. The van der Waals surface area contributed by atoms with Crippen LogP contribution in [0.4, 0.5) is 23.7 Å². The molecule has 0 unspecified atom stereocenters. The van der Waals surface area contributed by atoms with Gasteiger partial charge in [-0.05, 0) is 18.2 Å².